The van der Waals surface area contributed by atoms with Crippen molar-refractivity contribution in [3.63, 3.8) is 0 Å². The summed E-state index contributed by atoms with van der Waals surface area (Å²) in [6.45, 7) is 7.73. The van der Waals surface area contributed by atoms with Gasteiger partial charge in [0.15, 0.2) is 0 Å². The van der Waals surface area contributed by atoms with Crippen LogP contribution in [0.1, 0.15) is 31.2 Å². The van der Waals surface area contributed by atoms with Crippen molar-refractivity contribution in [1.29, 1.82) is 0 Å². The molecule has 0 bridgehead atoms. The van der Waals surface area contributed by atoms with Crippen molar-refractivity contribution in [3.05, 3.63) is 21.9 Å². The summed E-state index contributed by atoms with van der Waals surface area (Å²) >= 11 is 1.86. The molecule has 0 aliphatic heterocycles. The van der Waals surface area contributed by atoms with Crippen LogP contribution in [0.3, 0.4) is 0 Å². The van der Waals surface area contributed by atoms with Crippen molar-refractivity contribution in [2.45, 2.75) is 32.7 Å². The highest BCUT2D eigenvalue weighted by Crippen LogP contribution is 2.28. The lowest BCUT2D eigenvalue weighted by Gasteiger charge is -2.15. The van der Waals surface area contributed by atoms with E-state index in [2.05, 4.69) is 37.5 Å². The average molecular weight is 183 g/mol. The third kappa shape index (κ3) is 2.32. The van der Waals surface area contributed by atoms with E-state index in [1.54, 1.807) is 0 Å². The first-order valence-corrected chi connectivity index (χ1v) is 5.14. The van der Waals surface area contributed by atoms with Gasteiger partial charge in [0.25, 0.3) is 0 Å². The quantitative estimate of drug-likeness (QED) is 0.743. The van der Waals surface area contributed by atoms with Crippen LogP contribution in [-0.2, 0) is 12.0 Å². The minimum absolute atomic E-state index is 0.302. The van der Waals surface area contributed by atoms with Crippen LogP contribution in [0.4, 0.5) is 0 Å². The lowest BCUT2D eigenvalue weighted by molar-refractivity contribution is 0.603. The molecule has 1 rings (SSSR count). The standard InChI is InChI=1S/C10H17NS/c1-10(2,3)9-5-8(6-11-4)7-12-9/h5,7,11H,6H2,1-4H3. The van der Waals surface area contributed by atoms with Gasteiger partial charge in [-0.25, -0.2) is 0 Å². The molecule has 0 atom stereocenters. The normalized spacial score (nSPS) is 12.0. The van der Waals surface area contributed by atoms with Gasteiger partial charge < -0.3 is 5.32 Å². The lowest BCUT2D eigenvalue weighted by Crippen LogP contribution is -2.08. The van der Waals surface area contributed by atoms with Crippen molar-refractivity contribution in [2.24, 2.45) is 0 Å². The van der Waals surface area contributed by atoms with Crippen molar-refractivity contribution < 1.29 is 0 Å². The summed E-state index contributed by atoms with van der Waals surface area (Å²) in [4.78, 5) is 1.47. The zero-order valence-corrected chi connectivity index (χ0v) is 9.09. The SMILES string of the molecule is CNCc1csc(C(C)(C)C)c1. The number of hydrogen-bond donors (Lipinski definition) is 1. The van der Waals surface area contributed by atoms with E-state index in [1.165, 1.54) is 10.4 Å². The highest BCUT2D eigenvalue weighted by atomic mass is 32.1. The predicted molar refractivity (Wildman–Crippen MR) is 55.8 cm³/mol. The molecule has 1 aromatic heterocycles. The molecule has 0 fully saturated rings. The van der Waals surface area contributed by atoms with Gasteiger partial charge in [-0.15, -0.1) is 11.3 Å². The van der Waals surface area contributed by atoms with E-state index in [-0.39, 0.29) is 0 Å². The third-order valence-electron chi connectivity index (χ3n) is 1.77. The lowest BCUT2D eigenvalue weighted by atomic mass is 9.94. The molecule has 0 aromatic carbocycles. The monoisotopic (exact) mass is 183 g/mol. The second kappa shape index (κ2) is 3.58. The highest BCUT2D eigenvalue weighted by molar-refractivity contribution is 7.10. The van der Waals surface area contributed by atoms with Crippen LogP contribution in [-0.4, -0.2) is 7.05 Å². The number of rotatable bonds is 2. The zero-order valence-electron chi connectivity index (χ0n) is 8.27. The fourth-order valence-electron chi connectivity index (χ4n) is 1.07. The number of nitrogens with one attached hydrogen (secondary N) is 1. The van der Waals surface area contributed by atoms with Crippen molar-refractivity contribution in [2.75, 3.05) is 7.05 Å². The Kier molecular flexibility index (Phi) is 2.91. The predicted octanol–water partition coefficient (Wildman–Crippen LogP) is 2.77. The molecular formula is C10H17NS. The van der Waals surface area contributed by atoms with Crippen LogP contribution < -0.4 is 5.32 Å². The van der Waals surface area contributed by atoms with Crippen molar-refractivity contribution in [1.82, 2.24) is 5.32 Å². The van der Waals surface area contributed by atoms with Gasteiger partial charge in [0, 0.05) is 11.4 Å². The molecular weight excluding hydrogens is 166 g/mol. The molecule has 0 aliphatic carbocycles. The molecule has 0 spiro atoms. The topological polar surface area (TPSA) is 12.0 Å². The summed E-state index contributed by atoms with van der Waals surface area (Å²) in [5.74, 6) is 0. The van der Waals surface area contributed by atoms with E-state index in [4.69, 9.17) is 0 Å². The van der Waals surface area contributed by atoms with Crippen LogP contribution in [0.25, 0.3) is 0 Å². The molecule has 0 aliphatic rings. The molecule has 68 valence electrons. The fourth-order valence-corrected chi connectivity index (χ4v) is 2.07. The van der Waals surface area contributed by atoms with Crippen LogP contribution in [0, 0.1) is 0 Å². The highest BCUT2D eigenvalue weighted by Gasteiger charge is 2.15. The first-order chi connectivity index (χ1) is 5.54. The molecule has 2 heteroatoms. The molecule has 0 radical (unpaired) electrons. The Bertz CT molecular complexity index is 245. The Morgan fingerprint density at radius 1 is 1.42 bits per heavy atom. The van der Waals surface area contributed by atoms with E-state index in [0.717, 1.165) is 6.54 Å². The largest absolute Gasteiger partial charge is 0.316 e. The van der Waals surface area contributed by atoms with Gasteiger partial charge in [-0.3, -0.25) is 0 Å². The van der Waals surface area contributed by atoms with Crippen LogP contribution in [0.2, 0.25) is 0 Å². The Balaban J connectivity index is 2.77. The van der Waals surface area contributed by atoms with E-state index in [0.29, 0.717) is 5.41 Å². The summed E-state index contributed by atoms with van der Waals surface area (Å²) in [6.07, 6.45) is 0. The Morgan fingerprint density at radius 3 is 2.50 bits per heavy atom. The fraction of sp³-hybridized carbons (Fsp3) is 0.600. The summed E-state index contributed by atoms with van der Waals surface area (Å²) in [5.41, 5.74) is 1.70. The Hall–Kier alpha value is -0.340. The van der Waals surface area contributed by atoms with Gasteiger partial charge >= 0.3 is 0 Å². The van der Waals surface area contributed by atoms with Crippen LogP contribution in [0.15, 0.2) is 11.4 Å². The molecule has 0 saturated carbocycles. The van der Waals surface area contributed by atoms with E-state index < -0.39 is 0 Å². The molecule has 0 amide bonds. The van der Waals surface area contributed by atoms with E-state index >= 15 is 0 Å². The first-order valence-electron chi connectivity index (χ1n) is 4.26. The van der Waals surface area contributed by atoms with Crippen LogP contribution in [0.5, 0.6) is 0 Å². The van der Waals surface area contributed by atoms with Gasteiger partial charge in [0.05, 0.1) is 0 Å². The average Bonchev–Trinajstić information content (AvgIpc) is 2.35. The minimum atomic E-state index is 0.302. The smallest absolute Gasteiger partial charge is 0.0210 e. The summed E-state index contributed by atoms with van der Waals surface area (Å²) < 4.78 is 0. The first kappa shape index (κ1) is 9.75. The minimum Gasteiger partial charge on any atom is -0.316 e. The Morgan fingerprint density at radius 2 is 2.08 bits per heavy atom. The van der Waals surface area contributed by atoms with Gasteiger partial charge in [0.2, 0.25) is 0 Å². The summed E-state index contributed by atoms with van der Waals surface area (Å²) in [7, 11) is 1.98. The van der Waals surface area contributed by atoms with Gasteiger partial charge in [-0.2, -0.15) is 0 Å². The van der Waals surface area contributed by atoms with E-state index in [9.17, 15) is 0 Å². The number of hydrogen-bond acceptors (Lipinski definition) is 2. The second-order valence-corrected chi connectivity index (χ2v) is 5.01. The molecule has 0 saturated heterocycles. The van der Waals surface area contributed by atoms with Crippen molar-refractivity contribution >= 4 is 11.3 Å². The molecule has 0 unspecified atom stereocenters. The van der Waals surface area contributed by atoms with Gasteiger partial charge in [-0.1, -0.05) is 20.8 Å². The maximum Gasteiger partial charge on any atom is 0.0210 e. The molecule has 1 aromatic rings. The van der Waals surface area contributed by atoms with Crippen LogP contribution >= 0.6 is 11.3 Å². The molecule has 12 heavy (non-hydrogen) atoms. The molecule has 1 heterocycles. The molecule has 1 N–H and O–H groups in total. The van der Waals surface area contributed by atoms with Gasteiger partial charge in [-0.05, 0) is 29.5 Å². The Labute approximate surface area is 78.8 Å². The summed E-state index contributed by atoms with van der Waals surface area (Å²) in [6, 6.07) is 2.29. The second-order valence-electron chi connectivity index (χ2n) is 4.10. The van der Waals surface area contributed by atoms with Gasteiger partial charge in [0.1, 0.15) is 0 Å². The van der Waals surface area contributed by atoms with Crippen molar-refractivity contribution in [3.8, 4) is 0 Å². The molecule has 1 nitrogen and oxygen atoms in total. The summed E-state index contributed by atoms with van der Waals surface area (Å²) in [5, 5.41) is 5.39. The van der Waals surface area contributed by atoms with E-state index in [1.807, 2.05) is 18.4 Å². The maximum absolute atomic E-state index is 3.16. The maximum atomic E-state index is 3.16. The zero-order chi connectivity index (χ0) is 9.19. The number of thiophene rings is 1. The third-order valence-corrected chi connectivity index (χ3v) is 3.18.